The first-order chi connectivity index (χ1) is 13.3. The van der Waals surface area contributed by atoms with Crippen molar-refractivity contribution in [1.82, 2.24) is 20.1 Å². The molecule has 3 rings (SSSR count). The third kappa shape index (κ3) is 5.67. The van der Waals surface area contributed by atoms with Crippen molar-refractivity contribution in [2.24, 2.45) is 0 Å². The van der Waals surface area contributed by atoms with Crippen LogP contribution >= 0.6 is 0 Å². The Bertz CT molecular complexity index is 765. The fourth-order valence-corrected chi connectivity index (χ4v) is 3.15. The van der Waals surface area contributed by atoms with E-state index in [4.69, 9.17) is 4.74 Å². The van der Waals surface area contributed by atoms with Crippen LogP contribution < -0.4 is 10.1 Å². The molecule has 1 aliphatic rings. The second kappa shape index (κ2) is 9.90. The van der Waals surface area contributed by atoms with E-state index in [1.54, 1.807) is 6.08 Å². The first kappa shape index (κ1) is 19.1. The number of benzene rings is 1. The van der Waals surface area contributed by atoms with Crippen molar-refractivity contribution < 1.29 is 9.53 Å². The molecule has 144 valence electrons. The Balaban J connectivity index is 1.44. The Morgan fingerprint density at radius 1 is 1.22 bits per heavy atom. The molecular formula is C21H28N4O2. The summed E-state index contributed by atoms with van der Waals surface area (Å²) in [5.41, 5.74) is 0.969. The van der Waals surface area contributed by atoms with Gasteiger partial charge >= 0.3 is 0 Å². The molecule has 1 aliphatic heterocycles. The Labute approximate surface area is 160 Å². The SMILES string of the molecule is CCCOc1ccc(/C=C/C(=O)NCCc2nnc3n2CCCCC3)cc1. The molecule has 0 radical (unpaired) electrons. The van der Waals surface area contributed by atoms with Crippen LogP contribution in [0.4, 0.5) is 0 Å². The Morgan fingerprint density at radius 3 is 2.89 bits per heavy atom. The van der Waals surface area contributed by atoms with Crippen molar-refractivity contribution in [3.05, 3.63) is 47.6 Å². The minimum Gasteiger partial charge on any atom is -0.494 e. The molecule has 6 heteroatoms. The molecule has 2 aromatic rings. The van der Waals surface area contributed by atoms with Crippen LogP contribution in [0.25, 0.3) is 6.08 Å². The van der Waals surface area contributed by atoms with E-state index in [1.807, 2.05) is 30.3 Å². The minimum atomic E-state index is -0.100. The average Bonchev–Trinajstić information content (AvgIpc) is 2.92. The third-order valence-corrected chi connectivity index (χ3v) is 4.61. The topological polar surface area (TPSA) is 69.0 Å². The Kier molecular flexibility index (Phi) is 7.02. The van der Waals surface area contributed by atoms with Crippen LogP contribution in [0.5, 0.6) is 5.75 Å². The number of rotatable bonds is 8. The minimum absolute atomic E-state index is 0.100. The molecule has 0 spiro atoms. The molecule has 1 aromatic heterocycles. The summed E-state index contributed by atoms with van der Waals surface area (Å²) in [4.78, 5) is 12.0. The second-order valence-corrected chi connectivity index (χ2v) is 6.79. The number of carbonyl (C=O) groups excluding carboxylic acids is 1. The van der Waals surface area contributed by atoms with E-state index in [1.165, 1.54) is 19.3 Å². The number of hydrogen-bond donors (Lipinski definition) is 1. The number of nitrogens with zero attached hydrogens (tertiary/aromatic N) is 3. The van der Waals surface area contributed by atoms with E-state index in [2.05, 4.69) is 27.0 Å². The molecule has 2 heterocycles. The summed E-state index contributed by atoms with van der Waals surface area (Å²) in [6, 6.07) is 7.73. The maximum Gasteiger partial charge on any atom is 0.244 e. The Hall–Kier alpha value is -2.63. The van der Waals surface area contributed by atoms with E-state index in [0.717, 1.165) is 42.3 Å². The molecule has 27 heavy (non-hydrogen) atoms. The summed E-state index contributed by atoms with van der Waals surface area (Å²) in [5, 5.41) is 11.5. The largest absolute Gasteiger partial charge is 0.494 e. The summed E-state index contributed by atoms with van der Waals surface area (Å²) in [5.74, 6) is 2.81. The van der Waals surface area contributed by atoms with Gasteiger partial charge in [-0.15, -0.1) is 10.2 Å². The zero-order valence-corrected chi connectivity index (χ0v) is 16.0. The van der Waals surface area contributed by atoms with Gasteiger partial charge in [0.25, 0.3) is 0 Å². The van der Waals surface area contributed by atoms with Gasteiger partial charge in [-0.25, -0.2) is 0 Å². The van der Waals surface area contributed by atoms with Gasteiger partial charge in [0, 0.05) is 32.0 Å². The first-order valence-electron chi connectivity index (χ1n) is 9.86. The number of ether oxygens (including phenoxy) is 1. The lowest BCUT2D eigenvalue weighted by atomic mass is 10.2. The summed E-state index contributed by atoms with van der Waals surface area (Å²) < 4.78 is 7.77. The van der Waals surface area contributed by atoms with E-state index in [-0.39, 0.29) is 5.91 Å². The maximum absolute atomic E-state index is 12.0. The molecule has 0 bridgehead atoms. The summed E-state index contributed by atoms with van der Waals surface area (Å²) in [6.45, 7) is 4.34. The van der Waals surface area contributed by atoms with E-state index < -0.39 is 0 Å². The third-order valence-electron chi connectivity index (χ3n) is 4.61. The highest BCUT2D eigenvalue weighted by molar-refractivity contribution is 5.91. The van der Waals surface area contributed by atoms with Gasteiger partial charge in [0.15, 0.2) is 0 Å². The monoisotopic (exact) mass is 368 g/mol. The molecule has 0 atom stereocenters. The number of nitrogens with one attached hydrogen (secondary N) is 1. The molecule has 0 fully saturated rings. The number of fused-ring (bicyclic) bond motifs is 1. The maximum atomic E-state index is 12.0. The van der Waals surface area contributed by atoms with Crippen LogP contribution in [-0.4, -0.2) is 33.8 Å². The molecule has 0 aliphatic carbocycles. The van der Waals surface area contributed by atoms with E-state index in [9.17, 15) is 4.79 Å². The number of aromatic nitrogens is 3. The van der Waals surface area contributed by atoms with Crippen molar-refractivity contribution in [3.8, 4) is 5.75 Å². The van der Waals surface area contributed by atoms with Crippen LogP contribution in [0.3, 0.4) is 0 Å². The van der Waals surface area contributed by atoms with Gasteiger partial charge in [-0.1, -0.05) is 25.5 Å². The smallest absolute Gasteiger partial charge is 0.244 e. The number of aryl methyl sites for hydroxylation is 1. The number of hydrogen-bond acceptors (Lipinski definition) is 4. The lowest BCUT2D eigenvalue weighted by Crippen LogP contribution is -2.24. The van der Waals surface area contributed by atoms with Crippen LogP contribution in [0.2, 0.25) is 0 Å². The van der Waals surface area contributed by atoms with Crippen LogP contribution in [0.15, 0.2) is 30.3 Å². The second-order valence-electron chi connectivity index (χ2n) is 6.79. The summed E-state index contributed by atoms with van der Waals surface area (Å²) in [7, 11) is 0. The first-order valence-corrected chi connectivity index (χ1v) is 9.86. The summed E-state index contributed by atoms with van der Waals surface area (Å²) in [6.07, 6.45) is 9.67. The lowest BCUT2D eigenvalue weighted by molar-refractivity contribution is -0.116. The molecular weight excluding hydrogens is 340 g/mol. The molecule has 0 saturated carbocycles. The van der Waals surface area contributed by atoms with Crippen molar-refractivity contribution in [2.45, 2.75) is 52.0 Å². The normalized spacial score (nSPS) is 14.0. The molecule has 1 aromatic carbocycles. The average molecular weight is 368 g/mol. The Morgan fingerprint density at radius 2 is 2.07 bits per heavy atom. The highest BCUT2D eigenvalue weighted by atomic mass is 16.5. The van der Waals surface area contributed by atoms with Gasteiger partial charge in [-0.2, -0.15) is 0 Å². The van der Waals surface area contributed by atoms with Gasteiger partial charge in [0.05, 0.1) is 6.61 Å². The molecule has 0 unspecified atom stereocenters. The summed E-state index contributed by atoms with van der Waals surface area (Å²) >= 11 is 0. The van der Waals surface area contributed by atoms with Crippen molar-refractivity contribution in [2.75, 3.05) is 13.2 Å². The van der Waals surface area contributed by atoms with Gasteiger partial charge in [0.2, 0.25) is 5.91 Å². The van der Waals surface area contributed by atoms with Gasteiger partial charge < -0.3 is 14.6 Å². The molecule has 6 nitrogen and oxygen atoms in total. The predicted molar refractivity (Wildman–Crippen MR) is 106 cm³/mol. The molecule has 1 amide bonds. The van der Waals surface area contributed by atoms with Gasteiger partial charge in [0.1, 0.15) is 17.4 Å². The fraction of sp³-hybridized carbons (Fsp3) is 0.476. The van der Waals surface area contributed by atoms with Crippen LogP contribution in [0, 0.1) is 0 Å². The highest BCUT2D eigenvalue weighted by Gasteiger charge is 2.14. The fourth-order valence-electron chi connectivity index (χ4n) is 3.15. The van der Waals surface area contributed by atoms with Gasteiger partial charge in [-0.3, -0.25) is 4.79 Å². The quantitative estimate of drug-likeness (QED) is 0.727. The van der Waals surface area contributed by atoms with Crippen molar-refractivity contribution in [3.63, 3.8) is 0 Å². The van der Waals surface area contributed by atoms with Crippen molar-refractivity contribution >= 4 is 12.0 Å². The van der Waals surface area contributed by atoms with E-state index >= 15 is 0 Å². The van der Waals surface area contributed by atoms with Gasteiger partial charge in [-0.05, 0) is 43.0 Å². The van der Waals surface area contributed by atoms with E-state index in [0.29, 0.717) is 19.6 Å². The van der Waals surface area contributed by atoms with Crippen LogP contribution in [-0.2, 0) is 24.2 Å². The lowest BCUT2D eigenvalue weighted by Gasteiger charge is -2.07. The molecule has 1 N–H and O–H groups in total. The zero-order chi connectivity index (χ0) is 18.9. The molecule has 0 saturated heterocycles. The predicted octanol–water partition coefficient (Wildman–Crippen LogP) is 3.17. The number of amides is 1. The standard InChI is InChI=1S/C21H28N4O2/c1-2-16-27-18-10-7-17(8-11-18)9-12-21(26)22-14-13-20-24-23-19-6-4-3-5-15-25(19)20/h7-12H,2-6,13-16H2,1H3,(H,22,26)/b12-9+. The highest BCUT2D eigenvalue weighted by Crippen LogP contribution is 2.15. The van der Waals surface area contributed by atoms with Crippen LogP contribution in [0.1, 0.15) is 49.8 Å². The zero-order valence-electron chi connectivity index (χ0n) is 16.0. The number of carbonyl (C=O) groups is 1. The van der Waals surface area contributed by atoms with Crippen molar-refractivity contribution in [1.29, 1.82) is 0 Å².